The van der Waals surface area contributed by atoms with Crippen molar-refractivity contribution in [3.8, 4) is 11.5 Å². The van der Waals surface area contributed by atoms with Gasteiger partial charge in [0.05, 0.1) is 14.2 Å². The van der Waals surface area contributed by atoms with Crippen LogP contribution in [0.5, 0.6) is 11.5 Å². The standard InChI is InChI=1S/C26H33N3O3/c1-4-29(26(30)25-16-21-15-23(32-3)8-9-24(21)27-25)18-19-10-12-28(13-11-19)17-20-6-5-7-22(14-20)31-2/h5-9,14-16,19,27H,4,10-13,17-18H2,1-3H3. The van der Waals surface area contributed by atoms with E-state index in [-0.39, 0.29) is 5.91 Å². The molecule has 170 valence electrons. The number of hydrogen-bond acceptors (Lipinski definition) is 4. The number of hydrogen-bond donors (Lipinski definition) is 1. The fourth-order valence-electron chi connectivity index (χ4n) is 4.55. The number of amides is 1. The molecule has 0 radical (unpaired) electrons. The van der Waals surface area contributed by atoms with Gasteiger partial charge >= 0.3 is 0 Å². The number of nitrogens with zero attached hydrogens (tertiary/aromatic N) is 2. The lowest BCUT2D eigenvalue weighted by molar-refractivity contribution is 0.0694. The van der Waals surface area contributed by atoms with Crippen LogP contribution in [0.2, 0.25) is 0 Å². The SMILES string of the molecule is CCN(CC1CCN(Cc2cccc(OC)c2)CC1)C(=O)c1cc2cc(OC)ccc2[nH]1. The Labute approximate surface area is 190 Å². The molecule has 1 fully saturated rings. The number of fused-ring (bicyclic) bond motifs is 1. The van der Waals surface area contributed by atoms with E-state index in [0.717, 1.165) is 61.4 Å². The molecule has 1 saturated heterocycles. The van der Waals surface area contributed by atoms with Gasteiger partial charge < -0.3 is 19.4 Å². The largest absolute Gasteiger partial charge is 0.497 e. The van der Waals surface area contributed by atoms with Crippen molar-refractivity contribution in [1.29, 1.82) is 0 Å². The molecule has 1 amide bonds. The normalized spacial score (nSPS) is 15.1. The highest BCUT2D eigenvalue weighted by molar-refractivity contribution is 5.98. The summed E-state index contributed by atoms with van der Waals surface area (Å²) in [4.78, 5) is 20.9. The number of aromatic nitrogens is 1. The number of ether oxygens (including phenoxy) is 2. The Bertz CT molecular complexity index is 1050. The van der Waals surface area contributed by atoms with Crippen molar-refractivity contribution in [2.75, 3.05) is 40.4 Å². The van der Waals surface area contributed by atoms with Crippen molar-refractivity contribution in [3.63, 3.8) is 0 Å². The van der Waals surface area contributed by atoms with E-state index >= 15 is 0 Å². The molecule has 6 nitrogen and oxygen atoms in total. The highest BCUT2D eigenvalue weighted by Crippen LogP contribution is 2.24. The summed E-state index contributed by atoms with van der Waals surface area (Å²) in [7, 11) is 3.36. The molecule has 1 aliphatic rings. The first-order chi connectivity index (χ1) is 15.6. The van der Waals surface area contributed by atoms with Gasteiger partial charge in [0, 0.05) is 30.5 Å². The van der Waals surface area contributed by atoms with Crippen molar-refractivity contribution >= 4 is 16.8 Å². The van der Waals surface area contributed by atoms with Crippen molar-refractivity contribution in [3.05, 3.63) is 59.8 Å². The Morgan fingerprint density at radius 1 is 1.06 bits per heavy atom. The first-order valence-electron chi connectivity index (χ1n) is 11.4. The average Bonchev–Trinajstić information content (AvgIpc) is 3.26. The fraction of sp³-hybridized carbons (Fsp3) is 0.423. The second-order valence-electron chi connectivity index (χ2n) is 8.55. The second kappa shape index (κ2) is 10.1. The van der Waals surface area contributed by atoms with Crippen LogP contribution >= 0.6 is 0 Å². The van der Waals surface area contributed by atoms with E-state index in [1.807, 2.05) is 41.3 Å². The van der Waals surface area contributed by atoms with Crippen LogP contribution in [0.3, 0.4) is 0 Å². The predicted molar refractivity (Wildman–Crippen MR) is 127 cm³/mol. The van der Waals surface area contributed by atoms with Gasteiger partial charge in [-0.25, -0.2) is 0 Å². The molecule has 0 saturated carbocycles. The monoisotopic (exact) mass is 435 g/mol. The number of benzene rings is 2. The lowest BCUT2D eigenvalue weighted by Gasteiger charge is -2.34. The van der Waals surface area contributed by atoms with Crippen LogP contribution in [0.4, 0.5) is 0 Å². The molecule has 0 atom stereocenters. The van der Waals surface area contributed by atoms with Gasteiger partial charge in [-0.3, -0.25) is 9.69 Å². The minimum Gasteiger partial charge on any atom is -0.497 e. The number of carbonyl (C=O) groups excluding carboxylic acids is 1. The highest BCUT2D eigenvalue weighted by atomic mass is 16.5. The van der Waals surface area contributed by atoms with Gasteiger partial charge in [-0.2, -0.15) is 0 Å². The molecule has 32 heavy (non-hydrogen) atoms. The minimum absolute atomic E-state index is 0.0708. The molecular formula is C26H33N3O3. The summed E-state index contributed by atoms with van der Waals surface area (Å²) in [5, 5.41) is 0.995. The summed E-state index contributed by atoms with van der Waals surface area (Å²) in [6, 6.07) is 16.0. The summed E-state index contributed by atoms with van der Waals surface area (Å²) in [5.74, 6) is 2.31. The van der Waals surface area contributed by atoms with E-state index in [1.165, 1.54) is 5.56 Å². The van der Waals surface area contributed by atoms with E-state index in [2.05, 4.69) is 28.9 Å². The molecule has 0 bridgehead atoms. The van der Waals surface area contributed by atoms with Crippen LogP contribution in [0.25, 0.3) is 10.9 Å². The predicted octanol–water partition coefficient (Wildman–Crippen LogP) is 4.56. The summed E-state index contributed by atoms with van der Waals surface area (Å²) in [6.07, 6.45) is 2.22. The maximum Gasteiger partial charge on any atom is 0.270 e. The van der Waals surface area contributed by atoms with Gasteiger partial charge in [0.25, 0.3) is 5.91 Å². The molecular weight excluding hydrogens is 402 g/mol. The molecule has 0 aliphatic carbocycles. The zero-order chi connectivity index (χ0) is 22.5. The summed E-state index contributed by atoms with van der Waals surface area (Å²) >= 11 is 0. The molecule has 3 aromatic rings. The smallest absolute Gasteiger partial charge is 0.270 e. The van der Waals surface area contributed by atoms with Gasteiger partial charge in [-0.1, -0.05) is 12.1 Å². The van der Waals surface area contributed by atoms with Gasteiger partial charge in [-0.15, -0.1) is 0 Å². The van der Waals surface area contributed by atoms with E-state index in [1.54, 1.807) is 14.2 Å². The van der Waals surface area contributed by atoms with Gasteiger partial charge in [-0.05, 0) is 80.7 Å². The number of H-pyrrole nitrogens is 1. The Morgan fingerprint density at radius 2 is 1.81 bits per heavy atom. The molecule has 2 aromatic carbocycles. The zero-order valence-corrected chi connectivity index (χ0v) is 19.3. The van der Waals surface area contributed by atoms with Crippen LogP contribution in [0.1, 0.15) is 35.8 Å². The number of likely N-dealkylation sites (tertiary alicyclic amines) is 1. The van der Waals surface area contributed by atoms with Gasteiger partial charge in [0.15, 0.2) is 0 Å². The van der Waals surface area contributed by atoms with Crippen LogP contribution in [-0.4, -0.2) is 61.1 Å². The van der Waals surface area contributed by atoms with E-state index in [4.69, 9.17) is 9.47 Å². The first kappa shape index (κ1) is 22.2. The molecule has 0 spiro atoms. The van der Waals surface area contributed by atoms with Crippen LogP contribution in [0, 0.1) is 5.92 Å². The van der Waals surface area contributed by atoms with Crippen molar-refractivity contribution < 1.29 is 14.3 Å². The number of carbonyl (C=O) groups is 1. The Balaban J connectivity index is 1.33. The number of rotatable bonds is 8. The van der Waals surface area contributed by atoms with Gasteiger partial charge in [0.2, 0.25) is 0 Å². The molecule has 0 unspecified atom stereocenters. The van der Waals surface area contributed by atoms with Crippen LogP contribution < -0.4 is 9.47 Å². The van der Waals surface area contributed by atoms with Crippen LogP contribution in [0.15, 0.2) is 48.5 Å². The van der Waals surface area contributed by atoms with Crippen molar-refractivity contribution in [1.82, 2.24) is 14.8 Å². The first-order valence-corrected chi connectivity index (χ1v) is 11.4. The van der Waals surface area contributed by atoms with Crippen LogP contribution in [-0.2, 0) is 6.54 Å². The zero-order valence-electron chi connectivity index (χ0n) is 19.3. The number of methoxy groups -OCH3 is 2. The molecule has 6 heteroatoms. The average molecular weight is 436 g/mol. The Hall–Kier alpha value is -2.99. The quantitative estimate of drug-likeness (QED) is 0.564. The molecule has 1 aliphatic heterocycles. The summed E-state index contributed by atoms with van der Waals surface area (Å²) in [5.41, 5.74) is 2.88. The van der Waals surface area contributed by atoms with E-state index < -0.39 is 0 Å². The van der Waals surface area contributed by atoms with Gasteiger partial charge in [0.1, 0.15) is 17.2 Å². The topological polar surface area (TPSA) is 57.8 Å². The summed E-state index contributed by atoms with van der Waals surface area (Å²) in [6.45, 7) is 6.63. The number of aromatic amines is 1. The Kier molecular flexibility index (Phi) is 7.00. The Morgan fingerprint density at radius 3 is 2.53 bits per heavy atom. The maximum absolute atomic E-state index is 13.2. The molecule has 4 rings (SSSR count). The van der Waals surface area contributed by atoms with E-state index in [0.29, 0.717) is 18.2 Å². The lowest BCUT2D eigenvalue weighted by Crippen LogP contribution is -2.40. The van der Waals surface area contributed by atoms with E-state index in [9.17, 15) is 4.79 Å². The highest BCUT2D eigenvalue weighted by Gasteiger charge is 2.24. The number of nitrogens with one attached hydrogen (secondary N) is 1. The third-order valence-corrected chi connectivity index (χ3v) is 6.45. The maximum atomic E-state index is 13.2. The molecule has 1 aromatic heterocycles. The minimum atomic E-state index is 0.0708. The summed E-state index contributed by atoms with van der Waals surface area (Å²) < 4.78 is 10.6. The lowest BCUT2D eigenvalue weighted by atomic mass is 9.95. The number of piperidine rings is 1. The van der Waals surface area contributed by atoms with Crippen molar-refractivity contribution in [2.45, 2.75) is 26.3 Å². The third kappa shape index (κ3) is 5.07. The van der Waals surface area contributed by atoms with Crippen molar-refractivity contribution in [2.24, 2.45) is 5.92 Å². The second-order valence-corrected chi connectivity index (χ2v) is 8.55. The molecule has 2 heterocycles. The third-order valence-electron chi connectivity index (χ3n) is 6.45. The fourth-order valence-corrected chi connectivity index (χ4v) is 4.55. The molecule has 1 N–H and O–H groups in total.